The van der Waals surface area contributed by atoms with Crippen LogP contribution in [0.5, 0.6) is 0 Å². The Morgan fingerprint density at radius 3 is 2.50 bits per heavy atom. The lowest BCUT2D eigenvalue weighted by Gasteiger charge is -2.24. The summed E-state index contributed by atoms with van der Waals surface area (Å²) in [4.78, 5) is 13.5. The first kappa shape index (κ1) is 13.5. The molecule has 0 radical (unpaired) electrons. The van der Waals surface area contributed by atoms with Crippen molar-refractivity contribution in [3.05, 3.63) is 0 Å². The number of rotatable bonds is 5. The molecule has 0 aromatic rings. The maximum atomic E-state index is 11.7. The van der Waals surface area contributed by atoms with E-state index >= 15 is 0 Å². The fourth-order valence-corrected chi connectivity index (χ4v) is 2.19. The van der Waals surface area contributed by atoms with Crippen molar-refractivity contribution in [1.29, 1.82) is 0 Å². The van der Waals surface area contributed by atoms with Crippen molar-refractivity contribution in [3.63, 3.8) is 0 Å². The van der Waals surface area contributed by atoms with Crippen LogP contribution in [0, 0.1) is 5.92 Å². The van der Waals surface area contributed by atoms with Gasteiger partial charge in [0.2, 0.25) is 5.91 Å². The highest BCUT2D eigenvalue weighted by atomic mass is 16.2. The Kier molecular flexibility index (Phi) is 5.81. The van der Waals surface area contributed by atoms with Gasteiger partial charge in [-0.05, 0) is 39.2 Å². The number of amides is 1. The highest BCUT2D eigenvalue weighted by Crippen LogP contribution is 2.22. The molecule has 94 valence electrons. The second kappa shape index (κ2) is 6.89. The normalized spacial score (nSPS) is 17.8. The summed E-state index contributed by atoms with van der Waals surface area (Å²) < 4.78 is 0. The Morgan fingerprint density at radius 1 is 1.31 bits per heavy atom. The fourth-order valence-electron chi connectivity index (χ4n) is 2.19. The zero-order valence-electron chi connectivity index (χ0n) is 11.0. The minimum Gasteiger partial charge on any atom is -0.342 e. The number of nitrogens with one attached hydrogen (secondary N) is 1. The molecule has 0 aliphatic heterocycles. The lowest BCUT2D eigenvalue weighted by atomic mass is 9.89. The SMILES string of the molecule is CC(C)N(C)C(=O)CNCC1CCCCC1. The van der Waals surface area contributed by atoms with Crippen LogP contribution in [0.1, 0.15) is 46.0 Å². The van der Waals surface area contributed by atoms with Gasteiger partial charge in [0.25, 0.3) is 0 Å². The molecule has 1 N–H and O–H groups in total. The molecule has 0 unspecified atom stereocenters. The van der Waals surface area contributed by atoms with Gasteiger partial charge in [-0.2, -0.15) is 0 Å². The van der Waals surface area contributed by atoms with E-state index in [9.17, 15) is 4.79 Å². The smallest absolute Gasteiger partial charge is 0.236 e. The van der Waals surface area contributed by atoms with E-state index in [4.69, 9.17) is 0 Å². The van der Waals surface area contributed by atoms with E-state index in [2.05, 4.69) is 5.32 Å². The van der Waals surface area contributed by atoms with Gasteiger partial charge in [-0.15, -0.1) is 0 Å². The van der Waals surface area contributed by atoms with E-state index in [0.29, 0.717) is 12.6 Å². The molecule has 0 spiro atoms. The van der Waals surface area contributed by atoms with E-state index in [-0.39, 0.29) is 5.91 Å². The molecule has 1 saturated carbocycles. The van der Waals surface area contributed by atoms with Gasteiger partial charge < -0.3 is 10.2 Å². The maximum absolute atomic E-state index is 11.7. The molecule has 0 atom stereocenters. The second-order valence-electron chi connectivity index (χ2n) is 5.23. The molecule has 0 aromatic carbocycles. The summed E-state index contributed by atoms with van der Waals surface area (Å²) in [6.45, 7) is 5.58. The summed E-state index contributed by atoms with van der Waals surface area (Å²) in [7, 11) is 1.87. The van der Waals surface area contributed by atoms with Crippen LogP contribution in [0.2, 0.25) is 0 Å². The molecule has 1 rings (SSSR count). The Hall–Kier alpha value is -0.570. The van der Waals surface area contributed by atoms with Crippen LogP contribution in [0.15, 0.2) is 0 Å². The fraction of sp³-hybridized carbons (Fsp3) is 0.923. The van der Waals surface area contributed by atoms with Gasteiger partial charge >= 0.3 is 0 Å². The maximum Gasteiger partial charge on any atom is 0.236 e. The average molecular weight is 226 g/mol. The minimum absolute atomic E-state index is 0.200. The predicted molar refractivity (Wildman–Crippen MR) is 67.4 cm³/mol. The Morgan fingerprint density at radius 2 is 1.94 bits per heavy atom. The van der Waals surface area contributed by atoms with Crippen molar-refractivity contribution in [2.45, 2.75) is 52.0 Å². The van der Waals surface area contributed by atoms with E-state index in [1.165, 1.54) is 32.1 Å². The molecule has 16 heavy (non-hydrogen) atoms. The van der Waals surface area contributed by atoms with Crippen molar-refractivity contribution < 1.29 is 4.79 Å². The third-order valence-corrected chi connectivity index (χ3v) is 3.60. The lowest BCUT2D eigenvalue weighted by molar-refractivity contribution is -0.130. The molecule has 0 bridgehead atoms. The van der Waals surface area contributed by atoms with Crippen molar-refractivity contribution >= 4 is 5.91 Å². The monoisotopic (exact) mass is 226 g/mol. The van der Waals surface area contributed by atoms with E-state index in [1.807, 2.05) is 20.9 Å². The van der Waals surface area contributed by atoms with Gasteiger partial charge in [-0.1, -0.05) is 19.3 Å². The van der Waals surface area contributed by atoms with Gasteiger partial charge in [0.15, 0.2) is 0 Å². The van der Waals surface area contributed by atoms with Crippen LogP contribution in [0.4, 0.5) is 0 Å². The van der Waals surface area contributed by atoms with Crippen LogP contribution < -0.4 is 5.32 Å². The standard InChI is InChI=1S/C13H26N2O/c1-11(2)15(3)13(16)10-14-9-12-7-5-4-6-8-12/h11-12,14H,4-10H2,1-3H3. The van der Waals surface area contributed by atoms with Gasteiger partial charge in [-0.3, -0.25) is 4.79 Å². The third-order valence-electron chi connectivity index (χ3n) is 3.60. The van der Waals surface area contributed by atoms with Crippen LogP contribution >= 0.6 is 0 Å². The summed E-state index contributed by atoms with van der Waals surface area (Å²) in [6, 6.07) is 0.295. The van der Waals surface area contributed by atoms with Crippen molar-refractivity contribution in [2.75, 3.05) is 20.1 Å². The molecule has 1 fully saturated rings. The van der Waals surface area contributed by atoms with Crippen LogP contribution in [0.3, 0.4) is 0 Å². The summed E-state index contributed by atoms with van der Waals surface area (Å²) in [5.41, 5.74) is 0. The number of hydrogen-bond donors (Lipinski definition) is 1. The average Bonchev–Trinajstić information content (AvgIpc) is 2.29. The van der Waals surface area contributed by atoms with E-state index in [0.717, 1.165) is 12.5 Å². The lowest BCUT2D eigenvalue weighted by Crippen LogP contribution is -2.40. The number of carbonyl (C=O) groups is 1. The summed E-state index contributed by atoms with van der Waals surface area (Å²) >= 11 is 0. The summed E-state index contributed by atoms with van der Waals surface area (Å²) in [5, 5.41) is 3.30. The molecular formula is C13H26N2O. The predicted octanol–water partition coefficient (Wildman–Crippen LogP) is 2.02. The first-order valence-electron chi connectivity index (χ1n) is 6.57. The zero-order chi connectivity index (χ0) is 12.0. The first-order chi connectivity index (χ1) is 7.61. The Bertz CT molecular complexity index is 210. The molecule has 1 amide bonds. The Balaban J connectivity index is 2.12. The molecular weight excluding hydrogens is 200 g/mol. The molecule has 3 heteroatoms. The third kappa shape index (κ3) is 4.52. The van der Waals surface area contributed by atoms with Gasteiger partial charge in [0, 0.05) is 13.1 Å². The zero-order valence-corrected chi connectivity index (χ0v) is 11.0. The molecule has 1 aliphatic rings. The van der Waals surface area contributed by atoms with Crippen molar-refractivity contribution in [1.82, 2.24) is 10.2 Å². The van der Waals surface area contributed by atoms with Crippen LogP contribution in [-0.2, 0) is 4.79 Å². The van der Waals surface area contributed by atoms with Crippen molar-refractivity contribution in [3.8, 4) is 0 Å². The Labute approximate surface area is 99.6 Å². The highest BCUT2D eigenvalue weighted by Gasteiger charge is 2.15. The number of carbonyl (C=O) groups excluding carboxylic acids is 1. The molecule has 1 aliphatic carbocycles. The number of nitrogens with zero attached hydrogens (tertiary/aromatic N) is 1. The molecule has 0 heterocycles. The highest BCUT2D eigenvalue weighted by molar-refractivity contribution is 5.78. The van der Waals surface area contributed by atoms with E-state index in [1.54, 1.807) is 4.90 Å². The van der Waals surface area contributed by atoms with Crippen LogP contribution in [-0.4, -0.2) is 37.0 Å². The minimum atomic E-state index is 0.200. The summed E-state index contributed by atoms with van der Waals surface area (Å²) in [5.74, 6) is 0.997. The first-order valence-corrected chi connectivity index (χ1v) is 6.57. The van der Waals surface area contributed by atoms with Gasteiger partial charge in [0.1, 0.15) is 0 Å². The molecule has 0 aromatic heterocycles. The number of likely N-dealkylation sites (N-methyl/N-ethyl adjacent to an activating group) is 1. The van der Waals surface area contributed by atoms with Crippen LogP contribution in [0.25, 0.3) is 0 Å². The van der Waals surface area contributed by atoms with Gasteiger partial charge in [0.05, 0.1) is 6.54 Å². The van der Waals surface area contributed by atoms with E-state index < -0.39 is 0 Å². The molecule has 3 nitrogen and oxygen atoms in total. The molecule has 0 saturated heterocycles. The van der Waals surface area contributed by atoms with Crippen molar-refractivity contribution in [2.24, 2.45) is 5.92 Å². The largest absolute Gasteiger partial charge is 0.342 e. The quantitative estimate of drug-likeness (QED) is 0.778. The topological polar surface area (TPSA) is 32.3 Å². The number of hydrogen-bond acceptors (Lipinski definition) is 2. The second-order valence-corrected chi connectivity index (χ2v) is 5.23. The van der Waals surface area contributed by atoms with Gasteiger partial charge in [-0.25, -0.2) is 0 Å². The summed E-state index contributed by atoms with van der Waals surface area (Å²) in [6.07, 6.45) is 6.80.